The van der Waals surface area contributed by atoms with Gasteiger partial charge in [0.1, 0.15) is 18.1 Å². The van der Waals surface area contributed by atoms with Crippen LogP contribution in [0.25, 0.3) is 10.9 Å². The maximum absolute atomic E-state index is 13.7. The van der Waals surface area contributed by atoms with E-state index < -0.39 is 22.6 Å². The van der Waals surface area contributed by atoms with Crippen molar-refractivity contribution < 1.29 is 26.3 Å². The molecule has 1 aliphatic rings. The fraction of sp³-hybridized carbons (Fsp3) is 0.364. The van der Waals surface area contributed by atoms with Crippen LogP contribution >= 0.6 is 0 Å². The number of fused-ring (bicyclic) bond motifs is 1. The van der Waals surface area contributed by atoms with Gasteiger partial charge in [-0.2, -0.15) is 13.2 Å². The Morgan fingerprint density at radius 2 is 1.83 bits per heavy atom. The summed E-state index contributed by atoms with van der Waals surface area (Å²) < 4.78 is 71.3. The second-order valence-corrected chi connectivity index (χ2v) is 13.4. The Bertz CT molecular complexity index is 1850. The monoisotopic (exact) mass is 654 g/mol. The summed E-state index contributed by atoms with van der Waals surface area (Å²) in [5.74, 6) is 7.02. The molecule has 2 aromatic heterocycles. The predicted molar refractivity (Wildman–Crippen MR) is 177 cm³/mol. The van der Waals surface area contributed by atoms with Gasteiger partial charge < -0.3 is 29.7 Å². The summed E-state index contributed by atoms with van der Waals surface area (Å²) in [6.45, 7) is 0.588. The van der Waals surface area contributed by atoms with Crippen LogP contribution in [-0.4, -0.2) is 77.3 Å². The highest BCUT2D eigenvalue weighted by atomic mass is 32.2. The van der Waals surface area contributed by atoms with Gasteiger partial charge in [0.2, 0.25) is 0 Å². The van der Waals surface area contributed by atoms with Crippen molar-refractivity contribution >= 4 is 43.6 Å². The zero-order valence-electron chi connectivity index (χ0n) is 26.1. The number of benzene rings is 2. The normalized spacial score (nSPS) is 14.1. The molecule has 0 amide bonds. The first-order valence-electron chi connectivity index (χ1n) is 14.8. The topological polar surface area (TPSA) is 91.7 Å². The highest BCUT2D eigenvalue weighted by molar-refractivity contribution is 7.90. The molecule has 2 aromatic carbocycles. The SMILES string of the molecule is COc1cc(S(C)(=O)=O)ccc1NCC#Cc1cc2c(NC3CCN(c4ccc(N(C)C)nc4)CC3)cccc2n1CC(F)(F)F. The zero-order valence-corrected chi connectivity index (χ0v) is 27.0. The van der Waals surface area contributed by atoms with Crippen molar-refractivity contribution in [1.29, 1.82) is 0 Å². The van der Waals surface area contributed by atoms with E-state index in [0.29, 0.717) is 22.3 Å². The summed E-state index contributed by atoms with van der Waals surface area (Å²) in [6, 6.07) is 15.7. The average molecular weight is 655 g/mol. The molecule has 0 atom stereocenters. The van der Waals surface area contributed by atoms with Gasteiger partial charge in [0.25, 0.3) is 0 Å². The van der Waals surface area contributed by atoms with Gasteiger partial charge in [0.15, 0.2) is 9.84 Å². The highest BCUT2D eigenvalue weighted by Crippen LogP contribution is 2.32. The van der Waals surface area contributed by atoms with Gasteiger partial charge in [-0.3, -0.25) is 0 Å². The molecular weight excluding hydrogens is 617 g/mol. The molecule has 0 spiro atoms. The number of halogens is 3. The first kappa shape index (κ1) is 32.8. The Kier molecular flexibility index (Phi) is 9.58. The number of alkyl halides is 3. The number of ether oxygens (including phenoxy) is 1. The molecule has 244 valence electrons. The van der Waals surface area contributed by atoms with Crippen LogP contribution in [0.2, 0.25) is 0 Å². The van der Waals surface area contributed by atoms with Crippen molar-refractivity contribution in [2.75, 3.05) is 67.5 Å². The lowest BCUT2D eigenvalue weighted by molar-refractivity contribution is -0.140. The number of hydrogen-bond acceptors (Lipinski definition) is 8. The Morgan fingerprint density at radius 3 is 2.46 bits per heavy atom. The number of sulfone groups is 1. The minimum absolute atomic E-state index is 0.0964. The van der Waals surface area contributed by atoms with E-state index in [1.54, 1.807) is 24.3 Å². The van der Waals surface area contributed by atoms with Gasteiger partial charge >= 0.3 is 6.18 Å². The molecule has 1 saturated heterocycles. The van der Waals surface area contributed by atoms with Gasteiger partial charge in [0, 0.05) is 56.6 Å². The number of nitrogens with zero attached hydrogens (tertiary/aromatic N) is 4. The molecule has 2 N–H and O–H groups in total. The van der Waals surface area contributed by atoms with E-state index in [1.807, 2.05) is 37.3 Å². The third-order valence-electron chi connectivity index (χ3n) is 7.88. The molecule has 5 rings (SSSR count). The molecule has 1 aliphatic heterocycles. The number of methoxy groups -OCH3 is 1. The molecule has 46 heavy (non-hydrogen) atoms. The minimum Gasteiger partial charge on any atom is -0.495 e. The summed E-state index contributed by atoms with van der Waals surface area (Å²) >= 11 is 0. The molecule has 0 bridgehead atoms. The van der Waals surface area contributed by atoms with Crippen molar-refractivity contribution in [2.45, 2.75) is 36.5 Å². The first-order chi connectivity index (χ1) is 21.8. The van der Waals surface area contributed by atoms with Gasteiger partial charge in [-0.1, -0.05) is 12.0 Å². The van der Waals surface area contributed by atoms with Crippen LogP contribution in [0.15, 0.2) is 65.7 Å². The number of hydrogen-bond donors (Lipinski definition) is 2. The molecule has 0 aliphatic carbocycles. The maximum atomic E-state index is 13.7. The van der Waals surface area contributed by atoms with E-state index >= 15 is 0 Å². The average Bonchev–Trinajstić information content (AvgIpc) is 3.35. The van der Waals surface area contributed by atoms with Crippen LogP contribution in [0.4, 0.5) is 36.1 Å². The summed E-state index contributed by atoms with van der Waals surface area (Å²) in [7, 11) is 1.91. The van der Waals surface area contributed by atoms with E-state index in [1.165, 1.54) is 23.8 Å². The second-order valence-electron chi connectivity index (χ2n) is 11.4. The molecule has 4 aromatic rings. The fourth-order valence-electron chi connectivity index (χ4n) is 5.52. The zero-order chi connectivity index (χ0) is 33.1. The van der Waals surface area contributed by atoms with Crippen molar-refractivity contribution in [3.63, 3.8) is 0 Å². The van der Waals surface area contributed by atoms with Gasteiger partial charge in [-0.25, -0.2) is 13.4 Å². The largest absolute Gasteiger partial charge is 0.495 e. The van der Waals surface area contributed by atoms with Crippen LogP contribution in [-0.2, 0) is 16.4 Å². The molecule has 13 heteroatoms. The lowest BCUT2D eigenvalue weighted by Gasteiger charge is -2.34. The number of pyridine rings is 1. The van der Waals surface area contributed by atoms with Crippen LogP contribution < -0.4 is 25.2 Å². The molecule has 0 radical (unpaired) electrons. The van der Waals surface area contributed by atoms with Crippen LogP contribution in [0.3, 0.4) is 0 Å². The lowest BCUT2D eigenvalue weighted by Crippen LogP contribution is -2.39. The number of aromatic nitrogens is 2. The molecule has 0 unspecified atom stereocenters. The second kappa shape index (κ2) is 13.4. The molecule has 1 fully saturated rings. The lowest BCUT2D eigenvalue weighted by atomic mass is 10.0. The molecular formula is C33H37F3N6O3S. The minimum atomic E-state index is -4.44. The third-order valence-corrected chi connectivity index (χ3v) is 8.99. The number of anilines is 4. The quantitative estimate of drug-likeness (QED) is 0.225. The summed E-state index contributed by atoms with van der Waals surface area (Å²) in [4.78, 5) is 8.88. The summed E-state index contributed by atoms with van der Waals surface area (Å²) in [5, 5.41) is 7.31. The number of rotatable bonds is 9. The Balaban J connectivity index is 1.32. The van der Waals surface area contributed by atoms with E-state index in [2.05, 4.69) is 38.4 Å². The van der Waals surface area contributed by atoms with Gasteiger partial charge in [-0.15, -0.1) is 0 Å². The van der Waals surface area contributed by atoms with Crippen molar-refractivity contribution in [3.8, 4) is 17.6 Å². The van der Waals surface area contributed by atoms with Crippen LogP contribution in [0.1, 0.15) is 18.5 Å². The smallest absolute Gasteiger partial charge is 0.406 e. The highest BCUT2D eigenvalue weighted by Gasteiger charge is 2.30. The van der Waals surface area contributed by atoms with Crippen molar-refractivity contribution in [2.24, 2.45) is 0 Å². The van der Waals surface area contributed by atoms with Gasteiger partial charge in [0.05, 0.1) is 47.3 Å². The van der Waals surface area contributed by atoms with Crippen LogP contribution in [0, 0.1) is 11.8 Å². The summed E-state index contributed by atoms with van der Waals surface area (Å²) in [5.41, 5.74) is 3.04. The number of piperidine rings is 1. The predicted octanol–water partition coefficient (Wildman–Crippen LogP) is 5.62. The maximum Gasteiger partial charge on any atom is 0.406 e. The van der Waals surface area contributed by atoms with Gasteiger partial charge in [-0.05, 0) is 61.2 Å². The van der Waals surface area contributed by atoms with E-state index in [4.69, 9.17) is 4.74 Å². The van der Waals surface area contributed by atoms with Crippen molar-refractivity contribution in [1.82, 2.24) is 9.55 Å². The summed E-state index contributed by atoms with van der Waals surface area (Å²) in [6.07, 6.45) is 0.278. The first-order valence-corrected chi connectivity index (χ1v) is 16.7. The molecule has 0 saturated carbocycles. The number of nitrogens with one attached hydrogen (secondary N) is 2. The van der Waals surface area contributed by atoms with Crippen LogP contribution in [0.5, 0.6) is 5.75 Å². The Morgan fingerprint density at radius 1 is 1.07 bits per heavy atom. The standard InChI is InChI=1S/C33H37F3N6O3S/c1-40(2)32-13-10-25(21-38-32)41-17-14-23(15-18-41)39-28-8-5-9-30-27(28)19-24(42(30)22-33(34,35)36)7-6-16-37-29-12-11-26(46(4,43)44)20-31(29)45-3/h5,8-13,19-21,23,37,39H,14-18,22H2,1-4H3. The Hall–Kier alpha value is -4.57. The van der Waals surface area contributed by atoms with E-state index in [9.17, 15) is 21.6 Å². The van der Waals surface area contributed by atoms with E-state index in [0.717, 1.165) is 49.4 Å². The molecule has 9 nitrogen and oxygen atoms in total. The molecule has 3 heterocycles. The Labute approximate surface area is 267 Å². The van der Waals surface area contributed by atoms with Crippen molar-refractivity contribution in [3.05, 3.63) is 66.5 Å². The fourth-order valence-corrected chi connectivity index (χ4v) is 6.15. The van der Waals surface area contributed by atoms with E-state index in [-0.39, 0.29) is 23.2 Å². The third kappa shape index (κ3) is 7.80.